The van der Waals surface area contributed by atoms with Gasteiger partial charge in [-0.2, -0.15) is 4.31 Å². The Morgan fingerprint density at radius 2 is 1.59 bits per heavy atom. The smallest absolute Gasteiger partial charge is 0.252 e. The first-order chi connectivity index (χ1) is 18.6. The van der Waals surface area contributed by atoms with Gasteiger partial charge in [0.05, 0.1) is 31.2 Å². The van der Waals surface area contributed by atoms with Crippen LogP contribution in [0.3, 0.4) is 0 Å². The summed E-state index contributed by atoms with van der Waals surface area (Å²) in [7, 11) is -1.06. The van der Waals surface area contributed by atoms with Gasteiger partial charge in [0.25, 0.3) is 5.91 Å². The molecule has 3 aromatic rings. The van der Waals surface area contributed by atoms with Gasteiger partial charge < -0.3 is 9.47 Å². The van der Waals surface area contributed by atoms with Crippen LogP contribution in [-0.4, -0.2) is 51.3 Å². The van der Waals surface area contributed by atoms with Gasteiger partial charge in [-0.05, 0) is 72.0 Å². The quantitative estimate of drug-likeness (QED) is 0.293. The molecule has 0 aliphatic carbocycles. The van der Waals surface area contributed by atoms with Gasteiger partial charge >= 0.3 is 0 Å². The Kier molecular flexibility index (Phi) is 8.78. The standard InChI is InChI=1S/C29H31BrN2O6S/c1-19(2)21-6-10-23(11-7-21)32-28(33)18-25(29(32)34)31(39(35,36)24-12-8-22(30)9-13-24)16-15-20-5-14-26(37-3)27(17-20)38-4/h5-14,17,19,25H,15-16,18H2,1-4H3. The molecule has 1 atom stereocenters. The van der Waals surface area contributed by atoms with Gasteiger partial charge in [0.2, 0.25) is 15.9 Å². The highest BCUT2D eigenvalue weighted by Gasteiger charge is 2.46. The highest BCUT2D eigenvalue weighted by atomic mass is 79.9. The SMILES string of the molecule is COc1ccc(CCN(C2CC(=O)N(c3ccc(C(C)C)cc3)C2=O)S(=O)(=O)c2ccc(Br)cc2)cc1OC. The highest BCUT2D eigenvalue weighted by molar-refractivity contribution is 9.10. The molecule has 206 valence electrons. The lowest BCUT2D eigenvalue weighted by Gasteiger charge is -2.27. The Bertz CT molecular complexity index is 1460. The van der Waals surface area contributed by atoms with E-state index in [2.05, 4.69) is 29.8 Å². The Morgan fingerprint density at radius 1 is 0.949 bits per heavy atom. The minimum absolute atomic E-state index is 0.0162. The fourth-order valence-electron chi connectivity index (χ4n) is 4.58. The highest BCUT2D eigenvalue weighted by Crippen LogP contribution is 2.32. The molecule has 39 heavy (non-hydrogen) atoms. The summed E-state index contributed by atoms with van der Waals surface area (Å²) in [5.74, 6) is 0.353. The molecule has 1 aliphatic rings. The second-order valence-corrected chi connectivity index (χ2v) is 12.3. The molecule has 4 rings (SSSR count). The van der Waals surface area contributed by atoms with E-state index in [1.54, 1.807) is 36.4 Å². The van der Waals surface area contributed by atoms with E-state index in [4.69, 9.17) is 9.47 Å². The number of carbonyl (C=O) groups is 2. The summed E-state index contributed by atoms with van der Waals surface area (Å²) >= 11 is 3.33. The number of carbonyl (C=O) groups excluding carboxylic acids is 2. The van der Waals surface area contributed by atoms with Crippen molar-refractivity contribution in [3.05, 3.63) is 82.3 Å². The summed E-state index contributed by atoms with van der Waals surface area (Å²) in [5.41, 5.74) is 2.29. The maximum absolute atomic E-state index is 13.9. The second kappa shape index (κ2) is 11.9. The number of hydrogen-bond donors (Lipinski definition) is 0. The van der Waals surface area contributed by atoms with Crippen LogP contribution in [0.5, 0.6) is 11.5 Å². The van der Waals surface area contributed by atoms with Crippen molar-refractivity contribution in [2.45, 2.75) is 43.5 Å². The number of halogens is 1. The van der Waals surface area contributed by atoms with E-state index in [-0.39, 0.29) is 24.3 Å². The van der Waals surface area contributed by atoms with E-state index in [1.807, 2.05) is 18.2 Å². The number of methoxy groups -OCH3 is 2. The third-order valence-electron chi connectivity index (χ3n) is 6.78. The van der Waals surface area contributed by atoms with E-state index >= 15 is 0 Å². The van der Waals surface area contributed by atoms with Gasteiger partial charge in [0, 0.05) is 11.0 Å². The number of sulfonamides is 1. The Labute approximate surface area is 237 Å². The van der Waals surface area contributed by atoms with Crippen LogP contribution in [0.15, 0.2) is 76.1 Å². The molecular weight excluding hydrogens is 584 g/mol. The van der Waals surface area contributed by atoms with Crippen molar-refractivity contribution in [3.8, 4) is 11.5 Å². The molecule has 0 bridgehead atoms. The zero-order chi connectivity index (χ0) is 28.3. The lowest BCUT2D eigenvalue weighted by molar-refractivity contribution is -0.122. The van der Waals surface area contributed by atoms with Crippen molar-refractivity contribution in [1.82, 2.24) is 4.31 Å². The topological polar surface area (TPSA) is 93.2 Å². The van der Waals surface area contributed by atoms with Crippen molar-refractivity contribution in [3.63, 3.8) is 0 Å². The van der Waals surface area contributed by atoms with Crippen LogP contribution in [0.2, 0.25) is 0 Å². The monoisotopic (exact) mass is 614 g/mol. The molecular formula is C29H31BrN2O6S. The number of rotatable bonds is 10. The molecule has 1 fully saturated rings. The van der Waals surface area contributed by atoms with Crippen molar-refractivity contribution < 1.29 is 27.5 Å². The molecule has 3 aromatic carbocycles. The average Bonchev–Trinajstić information content (AvgIpc) is 3.21. The third kappa shape index (κ3) is 6.03. The molecule has 8 nitrogen and oxygen atoms in total. The predicted octanol–water partition coefficient (Wildman–Crippen LogP) is 5.16. The van der Waals surface area contributed by atoms with Crippen molar-refractivity contribution in [2.75, 3.05) is 25.7 Å². The summed E-state index contributed by atoms with van der Waals surface area (Å²) in [4.78, 5) is 27.9. The molecule has 0 radical (unpaired) electrons. The molecule has 0 N–H and O–H groups in total. The first-order valence-electron chi connectivity index (χ1n) is 12.5. The molecule has 10 heteroatoms. The number of ether oxygens (including phenoxy) is 2. The van der Waals surface area contributed by atoms with E-state index in [0.717, 1.165) is 24.8 Å². The molecule has 2 amide bonds. The molecule has 0 spiro atoms. The number of nitrogens with zero attached hydrogens (tertiary/aromatic N) is 2. The van der Waals surface area contributed by atoms with Crippen LogP contribution in [0.4, 0.5) is 5.69 Å². The van der Waals surface area contributed by atoms with Gasteiger partial charge in [-0.3, -0.25) is 9.59 Å². The molecule has 0 saturated carbocycles. The van der Waals surface area contributed by atoms with Gasteiger partial charge in [-0.25, -0.2) is 13.3 Å². The van der Waals surface area contributed by atoms with Crippen LogP contribution in [-0.2, 0) is 26.0 Å². The average molecular weight is 616 g/mol. The first kappa shape index (κ1) is 28.8. The molecule has 1 saturated heterocycles. The van der Waals surface area contributed by atoms with Gasteiger partial charge in [0.1, 0.15) is 6.04 Å². The molecule has 1 unspecified atom stereocenters. The Hall–Kier alpha value is -3.21. The zero-order valence-corrected chi connectivity index (χ0v) is 24.7. The van der Waals surface area contributed by atoms with Crippen LogP contribution in [0.25, 0.3) is 0 Å². The number of imide groups is 1. The summed E-state index contributed by atoms with van der Waals surface area (Å²) in [6.07, 6.45) is 0.0453. The van der Waals surface area contributed by atoms with E-state index in [0.29, 0.717) is 23.1 Å². The molecule has 1 aliphatic heterocycles. The lowest BCUT2D eigenvalue weighted by atomic mass is 10.0. The van der Waals surface area contributed by atoms with E-state index in [1.165, 1.54) is 26.4 Å². The fourth-order valence-corrected chi connectivity index (χ4v) is 6.43. The minimum atomic E-state index is -4.12. The lowest BCUT2D eigenvalue weighted by Crippen LogP contribution is -2.46. The van der Waals surface area contributed by atoms with Gasteiger partial charge in [-0.1, -0.05) is 48.0 Å². The zero-order valence-electron chi connectivity index (χ0n) is 22.3. The largest absolute Gasteiger partial charge is 0.493 e. The maximum Gasteiger partial charge on any atom is 0.252 e. The van der Waals surface area contributed by atoms with E-state index < -0.39 is 27.9 Å². The van der Waals surface area contributed by atoms with Crippen molar-refractivity contribution in [2.24, 2.45) is 0 Å². The number of benzene rings is 3. The Balaban J connectivity index is 1.68. The summed E-state index contributed by atoms with van der Waals surface area (Å²) in [6.45, 7) is 4.10. The molecule has 1 heterocycles. The third-order valence-corrected chi connectivity index (χ3v) is 9.23. The van der Waals surface area contributed by atoms with Gasteiger partial charge in [-0.15, -0.1) is 0 Å². The predicted molar refractivity (Wildman–Crippen MR) is 153 cm³/mol. The maximum atomic E-state index is 13.9. The number of anilines is 1. The van der Waals surface area contributed by atoms with Crippen LogP contribution < -0.4 is 14.4 Å². The summed E-state index contributed by atoms with van der Waals surface area (Å²) in [5, 5.41) is 0. The van der Waals surface area contributed by atoms with Crippen molar-refractivity contribution >= 4 is 43.5 Å². The van der Waals surface area contributed by atoms with Gasteiger partial charge in [0.15, 0.2) is 11.5 Å². The second-order valence-electron chi connectivity index (χ2n) is 9.54. The number of hydrogen-bond acceptors (Lipinski definition) is 6. The summed E-state index contributed by atoms with van der Waals surface area (Å²) in [6, 6.07) is 17.6. The van der Waals surface area contributed by atoms with Crippen LogP contribution in [0, 0.1) is 0 Å². The Morgan fingerprint density at radius 3 is 2.18 bits per heavy atom. The minimum Gasteiger partial charge on any atom is -0.493 e. The van der Waals surface area contributed by atoms with Crippen molar-refractivity contribution in [1.29, 1.82) is 0 Å². The number of amides is 2. The summed E-state index contributed by atoms with van der Waals surface area (Å²) < 4.78 is 40.3. The fraction of sp³-hybridized carbons (Fsp3) is 0.310. The normalized spacial score (nSPS) is 15.9. The molecule has 0 aromatic heterocycles. The van der Waals surface area contributed by atoms with Crippen LogP contribution in [0.1, 0.15) is 37.3 Å². The van der Waals surface area contributed by atoms with E-state index in [9.17, 15) is 18.0 Å². The first-order valence-corrected chi connectivity index (χ1v) is 14.7. The van der Waals surface area contributed by atoms with Crippen LogP contribution >= 0.6 is 15.9 Å².